The average Bonchev–Trinajstić information content (AvgIpc) is 2.58. The summed E-state index contributed by atoms with van der Waals surface area (Å²) in [6.45, 7) is 0.447. The van der Waals surface area contributed by atoms with Gasteiger partial charge >= 0.3 is 5.69 Å². The van der Waals surface area contributed by atoms with Crippen LogP contribution in [-0.4, -0.2) is 21.5 Å². The van der Waals surface area contributed by atoms with Gasteiger partial charge < -0.3 is 4.74 Å². The highest BCUT2D eigenvalue weighted by Gasteiger charge is 2.07. The highest BCUT2D eigenvalue weighted by Crippen LogP contribution is 2.12. The monoisotopic (exact) mass is 297 g/mol. The first-order valence-electron chi connectivity index (χ1n) is 5.04. The van der Waals surface area contributed by atoms with Gasteiger partial charge in [0.2, 0.25) is 4.73 Å². The summed E-state index contributed by atoms with van der Waals surface area (Å²) in [6, 6.07) is 7.54. The average molecular weight is 298 g/mol. The molecule has 0 aliphatic carbocycles. The van der Waals surface area contributed by atoms with E-state index in [0.29, 0.717) is 11.3 Å². The minimum Gasteiger partial charge on any atom is -0.497 e. The van der Waals surface area contributed by atoms with E-state index >= 15 is 0 Å². The molecule has 5 nitrogen and oxygen atoms in total. The quantitative estimate of drug-likeness (QED) is 0.860. The molecule has 0 saturated heterocycles. The molecule has 1 aromatic carbocycles. The maximum Gasteiger partial charge on any atom is 0.346 e. The molecule has 17 heavy (non-hydrogen) atoms. The summed E-state index contributed by atoms with van der Waals surface area (Å²) < 4.78 is 8.45. The Bertz CT molecular complexity index is 571. The molecule has 1 aromatic heterocycles. The number of halogens is 1. The van der Waals surface area contributed by atoms with Crippen LogP contribution in [0.2, 0.25) is 0 Å². The molecule has 0 saturated carbocycles. The first kappa shape index (κ1) is 11.9. The second-order valence-corrected chi connectivity index (χ2v) is 4.33. The van der Waals surface area contributed by atoms with E-state index in [0.717, 1.165) is 11.3 Å². The Hall–Kier alpha value is -1.56. The van der Waals surface area contributed by atoms with E-state index in [1.165, 1.54) is 9.25 Å². The van der Waals surface area contributed by atoms with Gasteiger partial charge in [-0.3, -0.25) is 4.57 Å². The first-order valence-corrected chi connectivity index (χ1v) is 5.83. The number of ether oxygens (including phenoxy) is 1. The smallest absolute Gasteiger partial charge is 0.346 e. The lowest BCUT2D eigenvalue weighted by Crippen LogP contribution is -2.23. The SMILES string of the molecule is COc1ccc(Cn2nc(Br)n(C)c2=O)cc1. The Morgan fingerprint density at radius 2 is 2.00 bits per heavy atom. The zero-order chi connectivity index (χ0) is 12.4. The molecule has 0 spiro atoms. The van der Waals surface area contributed by atoms with Crippen molar-refractivity contribution >= 4 is 15.9 Å². The maximum atomic E-state index is 11.7. The predicted molar refractivity (Wildman–Crippen MR) is 67.3 cm³/mol. The van der Waals surface area contributed by atoms with Crippen molar-refractivity contribution in [3.05, 3.63) is 45.0 Å². The number of aromatic nitrogens is 3. The fraction of sp³-hybridized carbons (Fsp3) is 0.273. The third kappa shape index (κ3) is 2.41. The lowest BCUT2D eigenvalue weighted by atomic mass is 10.2. The van der Waals surface area contributed by atoms with Gasteiger partial charge in [0.05, 0.1) is 13.7 Å². The molecule has 0 unspecified atom stereocenters. The van der Waals surface area contributed by atoms with E-state index in [1.807, 2.05) is 24.3 Å². The van der Waals surface area contributed by atoms with Crippen LogP contribution in [0.4, 0.5) is 0 Å². The van der Waals surface area contributed by atoms with Crippen LogP contribution in [0.3, 0.4) is 0 Å². The molecule has 2 rings (SSSR count). The number of benzene rings is 1. The van der Waals surface area contributed by atoms with Crippen molar-refractivity contribution in [2.45, 2.75) is 6.54 Å². The summed E-state index contributed by atoms with van der Waals surface area (Å²) in [5, 5.41) is 4.10. The van der Waals surface area contributed by atoms with Gasteiger partial charge in [0.1, 0.15) is 5.75 Å². The number of methoxy groups -OCH3 is 1. The Morgan fingerprint density at radius 3 is 2.47 bits per heavy atom. The van der Waals surface area contributed by atoms with Crippen molar-refractivity contribution in [1.29, 1.82) is 0 Å². The molecule has 0 aliphatic heterocycles. The van der Waals surface area contributed by atoms with Crippen molar-refractivity contribution in [2.75, 3.05) is 7.11 Å². The van der Waals surface area contributed by atoms with Gasteiger partial charge in [0.15, 0.2) is 0 Å². The molecule has 0 atom stereocenters. The van der Waals surface area contributed by atoms with Crippen LogP contribution in [0.15, 0.2) is 33.8 Å². The van der Waals surface area contributed by atoms with Crippen LogP contribution in [0.25, 0.3) is 0 Å². The van der Waals surface area contributed by atoms with Crippen LogP contribution < -0.4 is 10.4 Å². The van der Waals surface area contributed by atoms with E-state index < -0.39 is 0 Å². The summed E-state index contributed by atoms with van der Waals surface area (Å²) in [6.07, 6.45) is 0. The zero-order valence-electron chi connectivity index (χ0n) is 9.55. The van der Waals surface area contributed by atoms with Gasteiger partial charge in [-0.2, -0.15) is 0 Å². The van der Waals surface area contributed by atoms with Crippen molar-refractivity contribution < 1.29 is 4.74 Å². The van der Waals surface area contributed by atoms with Crippen LogP contribution in [0.1, 0.15) is 5.56 Å². The van der Waals surface area contributed by atoms with E-state index in [2.05, 4.69) is 21.0 Å². The van der Waals surface area contributed by atoms with Gasteiger partial charge in [-0.1, -0.05) is 12.1 Å². The lowest BCUT2D eigenvalue weighted by molar-refractivity contribution is 0.414. The van der Waals surface area contributed by atoms with Gasteiger partial charge in [0.25, 0.3) is 0 Å². The molecule has 6 heteroatoms. The van der Waals surface area contributed by atoms with Crippen LogP contribution in [0, 0.1) is 0 Å². The molecular weight excluding hydrogens is 286 g/mol. The van der Waals surface area contributed by atoms with Crippen molar-refractivity contribution in [2.24, 2.45) is 7.05 Å². The van der Waals surface area contributed by atoms with Crippen molar-refractivity contribution in [3.63, 3.8) is 0 Å². The summed E-state index contributed by atoms with van der Waals surface area (Å²) in [4.78, 5) is 11.7. The summed E-state index contributed by atoms with van der Waals surface area (Å²) in [5.41, 5.74) is 0.853. The Kier molecular flexibility index (Phi) is 3.33. The third-order valence-electron chi connectivity index (χ3n) is 2.48. The van der Waals surface area contributed by atoms with Crippen LogP contribution >= 0.6 is 15.9 Å². The highest BCUT2D eigenvalue weighted by atomic mass is 79.9. The number of rotatable bonds is 3. The maximum absolute atomic E-state index is 11.7. The largest absolute Gasteiger partial charge is 0.497 e. The molecule has 0 bridgehead atoms. The fourth-order valence-electron chi connectivity index (χ4n) is 1.47. The third-order valence-corrected chi connectivity index (χ3v) is 3.17. The van der Waals surface area contributed by atoms with Crippen LogP contribution in [-0.2, 0) is 13.6 Å². The summed E-state index contributed by atoms with van der Waals surface area (Å²) in [7, 11) is 3.29. The Morgan fingerprint density at radius 1 is 1.35 bits per heavy atom. The van der Waals surface area contributed by atoms with Gasteiger partial charge in [-0.05, 0) is 33.6 Å². The van der Waals surface area contributed by atoms with Gasteiger partial charge in [-0.15, -0.1) is 5.10 Å². The van der Waals surface area contributed by atoms with E-state index in [4.69, 9.17) is 4.74 Å². The number of hydrogen-bond acceptors (Lipinski definition) is 3. The minimum absolute atomic E-state index is 0.146. The molecule has 0 N–H and O–H groups in total. The van der Waals surface area contributed by atoms with Crippen LogP contribution in [0.5, 0.6) is 5.75 Å². The van der Waals surface area contributed by atoms with Gasteiger partial charge in [0, 0.05) is 7.05 Å². The fourth-order valence-corrected chi connectivity index (χ4v) is 1.81. The Labute approximate surface area is 107 Å². The highest BCUT2D eigenvalue weighted by molar-refractivity contribution is 9.10. The number of hydrogen-bond donors (Lipinski definition) is 0. The predicted octanol–water partition coefficient (Wildman–Crippen LogP) is 1.40. The lowest BCUT2D eigenvalue weighted by Gasteiger charge is -2.02. The molecule has 0 fully saturated rings. The molecule has 0 aliphatic rings. The minimum atomic E-state index is -0.146. The normalized spacial score (nSPS) is 10.5. The van der Waals surface area contributed by atoms with Crippen molar-refractivity contribution in [1.82, 2.24) is 14.3 Å². The molecule has 1 heterocycles. The van der Waals surface area contributed by atoms with E-state index in [9.17, 15) is 4.79 Å². The second-order valence-electron chi connectivity index (χ2n) is 3.62. The zero-order valence-corrected chi connectivity index (χ0v) is 11.1. The molecular formula is C11H12BrN3O2. The first-order chi connectivity index (χ1) is 8.11. The van der Waals surface area contributed by atoms with E-state index in [1.54, 1.807) is 14.2 Å². The van der Waals surface area contributed by atoms with E-state index in [-0.39, 0.29) is 5.69 Å². The Balaban J connectivity index is 2.25. The van der Waals surface area contributed by atoms with Crippen molar-refractivity contribution in [3.8, 4) is 5.75 Å². The summed E-state index contributed by atoms with van der Waals surface area (Å²) in [5.74, 6) is 0.795. The second kappa shape index (κ2) is 4.75. The standard InChI is InChI=1S/C11H12BrN3O2/c1-14-10(12)13-15(11(14)16)7-8-3-5-9(17-2)6-4-8/h3-6H,7H2,1-2H3. The topological polar surface area (TPSA) is 49.0 Å². The molecule has 2 aromatic rings. The molecule has 90 valence electrons. The van der Waals surface area contributed by atoms with Gasteiger partial charge in [-0.25, -0.2) is 9.48 Å². The number of nitrogens with zero attached hydrogens (tertiary/aromatic N) is 3. The summed E-state index contributed by atoms with van der Waals surface area (Å²) >= 11 is 3.21. The molecule has 0 radical (unpaired) electrons. The molecule has 0 amide bonds.